The average Bonchev–Trinajstić information content (AvgIpc) is 3.38. The molecule has 2 aliphatic heterocycles. The Hall–Kier alpha value is -2.62. The van der Waals surface area contributed by atoms with Crippen LogP contribution in [-0.4, -0.2) is 74.1 Å². The Bertz CT molecular complexity index is 940. The Balaban J connectivity index is 1.55. The fourth-order valence-electron chi connectivity index (χ4n) is 4.20. The summed E-state index contributed by atoms with van der Waals surface area (Å²) >= 11 is 0. The number of H-pyrrole nitrogens is 1. The Kier molecular flexibility index (Phi) is 5.68. The van der Waals surface area contributed by atoms with E-state index < -0.39 is 17.8 Å². The van der Waals surface area contributed by atoms with Crippen molar-refractivity contribution in [3.8, 4) is 5.75 Å². The predicted octanol–water partition coefficient (Wildman–Crippen LogP) is 2.13. The van der Waals surface area contributed by atoms with Gasteiger partial charge in [0.05, 0.1) is 50.1 Å². The highest BCUT2D eigenvalue weighted by Gasteiger charge is 2.41. The number of hydrogen-bond acceptors (Lipinski definition) is 7. The van der Waals surface area contributed by atoms with E-state index in [0.717, 1.165) is 12.8 Å². The molecule has 0 radical (unpaired) electrons. The first kappa shape index (κ1) is 20.6. The van der Waals surface area contributed by atoms with Gasteiger partial charge in [-0.2, -0.15) is 0 Å². The van der Waals surface area contributed by atoms with Crippen molar-refractivity contribution in [1.29, 1.82) is 0 Å². The van der Waals surface area contributed by atoms with E-state index in [4.69, 9.17) is 18.9 Å². The molecule has 1 spiro atoms. The summed E-state index contributed by atoms with van der Waals surface area (Å²) in [6.45, 7) is 4.47. The van der Waals surface area contributed by atoms with Crippen molar-refractivity contribution in [3.05, 3.63) is 23.9 Å². The molecule has 2 N–H and O–H groups in total. The molecule has 3 heterocycles. The van der Waals surface area contributed by atoms with Crippen LogP contribution in [-0.2, 0) is 19.0 Å². The maximum atomic E-state index is 13.1. The van der Waals surface area contributed by atoms with E-state index in [0.29, 0.717) is 48.6 Å². The molecule has 162 valence electrons. The summed E-state index contributed by atoms with van der Waals surface area (Å²) in [4.78, 5) is 30.5. The number of aromatic nitrogens is 1. The van der Waals surface area contributed by atoms with Gasteiger partial charge in [0.1, 0.15) is 11.4 Å². The Morgan fingerprint density at radius 2 is 1.90 bits per heavy atom. The van der Waals surface area contributed by atoms with Gasteiger partial charge in [0.25, 0.3) is 0 Å². The van der Waals surface area contributed by atoms with Crippen molar-refractivity contribution in [2.75, 3.05) is 45.8 Å². The number of ether oxygens (including phenoxy) is 4. The molecule has 1 aromatic carbocycles. The molecule has 2 saturated heterocycles. The summed E-state index contributed by atoms with van der Waals surface area (Å²) in [5.41, 5.74) is 1.22. The smallest absolute Gasteiger partial charge is 0.356 e. The van der Waals surface area contributed by atoms with Crippen molar-refractivity contribution in [1.82, 2.24) is 9.88 Å². The summed E-state index contributed by atoms with van der Waals surface area (Å²) in [5, 5.41) is 3.56. The van der Waals surface area contributed by atoms with E-state index in [9.17, 15) is 9.59 Å². The lowest BCUT2D eigenvalue weighted by atomic mass is 10.0. The second-order valence-electron chi connectivity index (χ2n) is 7.56. The minimum Gasteiger partial charge on any atom is -0.496 e. The fraction of sp³-hybridized carbons (Fsp3) is 0.524. The summed E-state index contributed by atoms with van der Waals surface area (Å²) in [6.07, 6.45) is 1.44. The van der Waals surface area contributed by atoms with Crippen molar-refractivity contribution in [2.24, 2.45) is 0 Å². The van der Waals surface area contributed by atoms with Crippen LogP contribution in [0.2, 0.25) is 0 Å². The molecular formula is C21H27N3O6. The molecule has 0 saturated carbocycles. The first-order valence-electron chi connectivity index (χ1n) is 10.1. The van der Waals surface area contributed by atoms with Gasteiger partial charge < -0.3 is 29.2 Å². The number of esters is 1. The van der Waals surface area contributed by atoms with Crippen LogP contribution in [0, 0.1) is 0 Å². The van der Waals surface area contributed by atoms with Gasteiger partial charge >= 0.3 is 5.97 Å². The predicted molar refractivity (Wildman–Crippen MR) is 110 cm³/mol. The van der Waals surface area contributed by atoms with Gasteiger partial charge in [0.2, 0.25) is 5.91 Å². The number of piperidine rings is 1. The number of nitrogens with zero attached hydrogens (tertiary/aromatic N) is 1. The van der Waals surface area contributed by atoms with Gasteiger partial charge in [-0.05, 0) is 19.1 Å². The Morgan fingerprint density at radius 3 is 2.53 bits per heavy atom. The number of rotatable bonds is 5. The molecule has 1 aromatic heterocycles. The number of carbonyl (C=O) groups is 2. The van der Waals surface area contributed by atoms with Crippen LogP contribution in [0.4, 0.5) is 5.69 Å². The molecule has 0 aliphatic carbocycles. The molecular weight excluding hydrogens is 390 g/mol. The molecule has 9 nitrogen and oxygen atoms in total. The number of amides is 1. The zero-order chi connectivity index (χ0) is 21.3. The Labute approximate surface area is 174 Å². The lowest BCUT2D eigenvalue weighted by Gasteiger charge is -2.39. The zero-order valence-electron chi connectivity index (χ0n) is 17.4. The number of fused-ring (bicyclic) bond motifs is 1. The van der Waals surface area contributed by atoms with Gasteiger partial charge in [-0.15, -0.1) is 0 Å². The van der Waals surface area contributed by atoms with Gasteiger partial charge in [-0.1, -0.05) is 6.07 Å². The maximum Gasteiger partial charge on any atom is 0.356 e. The number of hydrogen-bond donors (Lipinski definition) is 2. The van der Waals surface area contributed by atoms with E-state index in [-0.39, 0.29) is 11.6 Å². The van der Waals surface area contributed by atoms with Gasteiger partial charge in [0, 0.05) is 25.9 Å². The summed E-state index contributed by atoms with van der Waals surface area (Å²) in [5.74, 6) is -0.713. The van der Waals surface area contributed by atoms with Gasteiger partial charge in [-0.3, -0.25) is 9.69 Å². The normalized spacial score (nSPS) is 19.7. The van der Waals surface area contributed by atoms with Crippen LogP contribution in [0.3, 0.4) is 0 Å². The molecule has 9 heteroatoms. The number of carbonyl (C=O) groups excluding carboxylic acids is 2. The third-order valence-corrected chi connectivity index (χ3v) is 5.94. The molecule has 2 aromatic rings. The minimum absolute atomic E-state index is 0.183. The average molecular weight is 417 g/mol. The van der Waals surface area contributed by atoms with E-state index in [2.05, 4.69) is 15.2 Å². The molecule has 2 aliphatic rings. The number of benzene rings is 1. The second kappa shape index (κ2) is 8.25. The van der Waals surface area contributed by atoms with Gasteiger partial charge in [0.15, 0.2) is 5.79 Å². The number of nitrogens with one attached hydrogen (secondary N) is 2. The van der Waals surface area contributed by atoms with Gasteiger partial charge in [-0.25, -0.2) is 4.79 Å². The highest BCUT2D eigenvalue weighted by molar-refractivity contribution is 6.13. The largest absolute Gasteiger partial charge is 0.496 e. The highest BCUT2D eigenvalue weighted by atomic mass is 16.7. The lowest BCUT2D eigenvalue weighted by Crippen LogP contribution is -2.51. The van der Waals surface area contributed by atoms with E-state index in [1.165, 1.54) is 7.11 Å². The quantitative estimate of drug-likeness (QED) is 0.719. The molecule has 1 atom stereocenters. The van der Waals surface area contributed by atoms with E-state index in [1.54, 1.807) is 13.2 Å². The van der Waals surface area contributed by atoms with Crippen molar-refractivity contribution < 1.29 is 28.5 Å². The maximum absolute atomic E-state index is 13.1. The molecule has 30 heavy (non-hydrogen) atoms. The van der Waals surface area contributed by atoms with E-state index >= 15 is 0 Å². The third kappa shape index (κ3) is 3.64. The lowest BCUT2D eigenvalue weighted by molar-refractivity contribution is -0.187. The number of likely N-dealkylation sites (tertiary alicyclic amines) is 1. The summed E-state index contributed by atoms with van der Waals surface area (Å²) in [7, 11) is 2.85. The van der Waals surface area contributed by atoms with Crippen molar-refractivity contribution in [2.45, 2.75) is 31.6 Å². The molecule has 1 amide bonds. The minimum atomic E-state index is -0.563. The van der Waals surface area contributed by atoms with Crippen LogP contribution >= 0.6 is 0 Å². The summed E-state index contributed by atoms with van der Waals surface area (Å²) < 4.78 is 21.9. The van der Waals surface area contributed by atoms with Crippen LogP contribution in [0.15, 0.2) is 18.2 Å². The SMILES string of the molecule is COC(=O)c1[nH]c2cccc(OC)c2c1NC(=O)[C@H](C)N1CCC2(CC1)OCCO2. The first-order valence-corrected chi connectivity index (χ1v) is 10.1. The number of anilines is 1. The zero-order valence-corrected chi connectivity index (χ0v) is 17.4. The van der Waals surface area contributed by atoms with Crippen molar-refractivity contribution >= 4 is 28.5 Å². The third-order valence-electron chi connectivity index (χ3n) is 5.94. The standard InChI is InChI=1S/C21H27N3O6/c1-13(24-9-7-21(8-10-24)29-11-12-30-21)19(25)23-17-16-14(5-4-6-15(16)27-2)22-18(17)20(26)28-3/h4-6,13,22H,7-12H2,1-3H3,(H,23,25)/t13-/m0/s1. The van der Waals surface area contributed by atoms with Crippen LogP contribution < -0.4 is 10.1 Å². The topological polar surface area (TPSA) is 102 Å². The molecule has 4 rings (SSSR count). The summed E-state index contributed by atoms with van der Waals surface area (Å²) in [6, 6.07) is 5.01. The fourth-order valence-corrected chi connectivity index (χ4v) is 4.20. The second-order valence-corrected chi connectivity index (χ2v) is 7.56. The molecule has 0 unspecified atom stereocenters. The first-order chi connectivity index (χ1) is 14.5. The van der Waals surface area contributed by atoms with Crippen molar-refractivity contribution in [3.63, 3.8) is 0 Å². The van der Waals surface area contributed by atoms with Crippen LogP contribution in [0.5, 0.6) is 5.75 Å². The Morgan fingerprint density at radius 1 is 1.20 bits per heavy atom. The monoisotopic (exact) mass is 417 g/mol. The highest BCUT2D eigenvalue weighted by Crippen LogP contribution is 2.36. The van der Waals surface area contributed by atoms with E-state index in [1.807, 2.05) is 19.1 Å². The molecule has 2 fully saturated rings. The van der Waals surface area contributed by atoms with Crippen LogP contribution in [0.25, 0.3) is 10.9 Å². The number of aromatic amines is 1. The van der Waals surface area contributed by atoms with Crippen LogP contribution in [0.1, 0.15) is 30.3 Å². The number of methoxy groups -OCH3 is 2. The molecule has 0 bridgehead atoms.